The molecule has 0 aromatic carbocycles. The number of aliphatic carboxylic acids is 1. The summed E-state index contributed by atoms with van der Waals surface area (Å²) in [5, 5.41) is 13.3. The van der Waals surface area contributed by atoms with Crippen molar-refractivity contribution in [2.45, 2.75) is 40.8 Å². The van der Waals surface area contributed by atoms with Gasteiger partial charge in [0.15, 0.2) is 0 Å². The minimum atomic E-state index is -0.777. The van der Waals surface area contributed by atoms with Crippen molar-refractivity contribution in [2.75, 3.05) is 6.61 Å². The van der Waals surface area contributed by atoms with Crippen LogP contribution in [0.2, 0.25) is 0 Å². The molecule has 0 spiro atoms. The first-order valence-corrected chi connectivity index (χ1v) is 5.80. The smallest absolute Gasteiger partial charge is 0.306 e. The largest absolute Gasteiger partial charge is 0.481 e. The second-order valence-electron chi connectivity index (χ2n) is 4.21. The first-order valence-electron chi connectivity index (χ1n) is 5.80. The number of hydrogen-bond donors (Lipinski definition) is 1. The third-order valence-corrected chi connectivity index (χ3v) is 2.88. The molecule has 1 aromatic heterocycles. The van der Waals surface area contributed by atoms with E-state index in [0.29, 0.717) is 19.8 Å². The molecule has 0 bridgehead atoms. The average Bonchev–Trinajstić information content (AvgIpc) is 2.53. The zero-order valence-electron chi connectivity index (χ0n) is 10.9. The predicted octanol–water partition coefficient (Wildman–Crippen LogP) is 1.76. The van der Waals surface area contributed by atoms with E-state index in [-0.39, 0.29) is 0 Å². The van der Waals surface area contributed by atoms with Gasteiger partial charge in [-0.25, -0.2) is 4.68 Å². The van der Waals surface area contributed by atoms with E-state index in [2.05, 4.69) is 5.10 Å². The van der Waals surface area contributed by atoms with E-state index in [0.717, 1.165) is 17.0 Å². The van der Waals surface area contributed by atoms with E-state index in [9.17, 15) is 4.79 Å². The van der Waals surface area contributed by atoms with Crippen LogP contribution in [0.15, 0.2) is 0 Å². The maximum atomic E-state index is 10.9. The Balaban J connectivity index is 2.85. The Morgan fingerprint density at radius 1 is 1.53 bits per heavy atom. The summed E-state index contributed by atoms with van der Waals surface area (Å²) in [7, 11) is 0. The quantitative estimate of drug-likeness (QED) is 0.822. The lowest BCUT2D eigenvalue weighted by atomic mass is 10.00. The Morgan fingerprint density at radius 3 is 2.71 bits per heavy atom. The molecule has 96 valence electrons. The molecule has 0 fully saturated rings. The number of rotatable bonds is 6. The first kappa shape index (κ1) is 13.7. The van der Waals surface area contributed by atoms with Gasteiger partial charge in [0.25, 0.3) is 0 Å². The number of nitrogens with zero attached hydrogens (tertiary/aromatic N) is 2. The van der Waals surface area contributed by atoms with Gasteiger partial charge in [-0.05, 0) is 32.8 Å². The molecule has 17 heavy (non-hydrogen) atoms. The molecule has 0 unspecified atom stereocenters. The molecule has 0 saturated carbocycles. The van der Waals surface area contributed by atoms with Gasteiger partial charge in [-0.15, -0.1) is 0 Å². The maximum Gasteiger partial charge on any atom is 0.306 e. The molecule has 0 radical (unpaired) electrons. The molecule has 5 nitrogen and oxygen atoms in total. The van der Waals surface area contributed by atoms with Crippen LogP contribution in [0.1, 0.15) is 30.8 Å². The number of carbonyl (C=O) groups is 1. The third kappa shape index (κ3) is 3.30. The monoisotopic (exact) mass is 240 g/mol. The topological polar surface area (TPSA) is 64.4 Å². The summed E-state index contributed by atoms with van der Waals surface area (Å²) in [4.78, 5) is 10.9. The molecule has 0 amide bonds. The lowest BCUT2D eigenvalue weighted by Crippen LogP contribution is -2.13. The van der Waals surface area contributed by atoms with Crippen LogP contribution >= 0.6 is 0 Å². The van der Waals surface area contributed by atoms with E-state index in [1.165, 1.54) is 0 Å². The van der Waals surface area contributed by atoms with Crippen LogP contribution in [0.25, 0.3) is 0 Å². The first-order chi connectivity index (χ1) is 7.97. The van der Waals surface area contributed by atoms with E-state index >= 15 is 0 Å². The molecule has 5 heteroatoms. The molecule has 0 aliphatic rings. The molecular weight excluding hydrogens is 220 g/mol. The molecule has 1 N–H and O–H groups in total. The van der Waals surface area contributed by atoms with Gasteiger partial charge in [0.2, 0.25) is 0 Å². The Bertz CT molecular complexity index is 399. The maximum absolute atomic E-state index is 10.9. The summed E-state index contributed by atoms with van der Waals surface area (Å²) in [6.07, 6.45) is 0.513. The molecule has 1 rings (SSSR count). The van der Waals surface area contributed by atoms with Crippen LogP contribution in [0.4, 0.5) is 0 Å². The fourth-order valence-corrected chi connectivity index (χ4v) is 1.73. The van der Waals surface area contributed by atoms with Gasteiger partial charge >= 0.3 is 5.97 Å². The standard InChI is InChI=1S/C12H20N2O3/c1-5-17-7-14-10(4)11(9(3)13-14)6-8(2)12(15)16/h8H,5-7H2,1-4H3,(H,15,16)/t8-/m1/s1. The van der Waals surface area contributed by atoms with Crippen molar-refractivity contribution in [3.05, 3.63) is 17.0 Å². The SMILES string of the molecule is CCOCn1nc(C)c(C[C@@H](C)C(=O)O)c1C. The molecule has 1 heterocycles. The predicted molar refractivity (Wildman–Crippen MR) is 63.8 cm³/mol. The molecule has 1 atom stereocenters. The van der Waals surface area contributed by atoms with Crippen LogP contribution in [0.5, 0.6) is 0 Å². The van der Waals surface area contributed by atoms with Crippen LogP contribution in [0, 0.1) is 19.8 Å². The molecule has 0 aliphatic heterocycles. The molecule has 0 saturated heterocycles. The minimum Gasteiger partial charge on any atom is -0.481 e. The minimum absolute atomic E-state index is 0.392. The summed E-state index contributed by atoms with van der Waals surface area (Å²) < 4.78 is 7.09. The summed E-state index contributed by atoms with van der Waals surface area (Å²) in [5.74, 6) is -1.17. The van der Waals surface area contributed by atoms with E-state index in [1.807, 2.05) is 20.8 Å². The average molecular weight is 240 g/mol. The molecule has 0 aliphatic carbocycles. The van der Waals surface area contributed by atoms with Crippen LogP contribution < -0.4 is 0 Å². The van der Waals surface area contributed by atoms with Gasteiger partial charge in [0, 0.05) is 12.3 Å². The van der Waals surface area contributed by atoms with Crippen molar-refractivity contribution >= 4 is 5.97 Å². The van der Waals surface area contributed by atoms with Crippen molar-refractivity contribution in [3.63, 3.8) is 0 Å². The summed E-state index contributed by atoms with van der Waals surface area (Å²) in [6.45, 7) is 8.55. The van der Waals surface area contributed by atoms with Crippen molar-refractivity contribution in [2.24, 2.45) is 5.92 Å². The number of aryl methyl sites for hydroxylation is 1. The van der Waals surface area contributed by atoms with Crippen molar-refractivity contribution in [1.82, 2.24) is 9.78 Å². The van der Waals surface area contributed by atoms with Gasteiger partial charge in [0.05, 0.1) is 11.6 Å². The molecule has 1 aromatic rings. The highest BCUT2D eigenvalue weighted by atomic mass is 16.5. The van der Waals surface area contributed by atoms with Crippen LogP contribution in [-0.2, 0) is 22.7 Å². The van der Waals surface area contributed by atoms with Gasteiger partial charge < -0.3 is 9.84 Å². The highest BCUT2D eigenvalue weighted by Crippen LogP contribution is 2.17. The summed E-state index contributed by atoms with van der Waals surface area (Å²) in [6, 6.07) is 0. The lowest BCUT2D eigenvalue weighted by Gasteiger charge is -2.07. The highest BCUT2D eigenvalue weighted by molar-refractivity contribution is 5.70. The number of aromatic nitrogens is 2. The van der Waals surface area contributed by atoms with E-state index < -0.39 is 11.9 Å². The van der Waals surface area contributed by atoms with Crippen molar-refractivity contribution < 1.29 is 14.6 Å². The normalized spacial score (nSPS) is 12.7. The third-order valence-electron chi connectivity index (χ3n) is 2.88. The lowest BCUT2D eigenvalue weighted by molar-refractivity contribution is -0.141. The van der Waals surface area contributed by atoms with Crippen molar-refractivity contribution in [3.8, 4) is 0 Å². The van der Waals surface area contributed by atoms with Crippen LogP contribution in [-0.4, -0.2) is 27.5 Å². The Labute approximate surface area is 101 Å². The van der Waals surface area contributed by atoms with E-state index in [4.69, 9.17) is 9.84 Å². The Hall–Kier alpha value is -1.36. The van der Waals surface area contributed by atoms with Gasteiger partial charge in [-0.2, -0.15) is 5.10 Å². The Kier molecular flexibility index (Phi) is 4.69. The number of ether oxygens (including phenoxy) is 1. The number of carboxylic acids is 1. The zero-order chi connectivity index (χ0) is 13.0. The number of hydrogen-bond acceptors (Lipinski definition) is 3. The zero-order valence-corrected chi connectivity index (χ0v) is 10.9. The fraction of sp³-hybridized carbons (Fsp3) is 0.667. The summed E-state index contributed by atoms with van der Waals surface area (Å²) >= 11 is 0. The molecular formula is C12H20N2O3. The van der Waals surface area contributed by atoms with E-state index in [1.54, 1.807) is 11.6 Å². The van der Waals surface area contributed by atoms with Gasteiger partial charge in [0.1, 0.15) is 6.73 Å². The number of carboxylic acid groups (broad SMARTS) is 1. The van der Waals surface area contributed by atoms with Crippen LogP contribution in [0.3, 0.4) is 0 Å². The van der Waals surface area contributed by atoms with Crippen molar-refractivity contribution in [1.29, 1.82) is 0 Å². The fourth-order valence-electron chi connectivity index (χ4n) is 1.73. The van der Waals surface area contributed by atoms with Gasteiger partial charge in [-0.1, -0.05) is 6.92 Å². The Morgan fingerprint density at radius 2 is 2.18 bits per heavy atom. The second kappa shape index (κ2) is 5.82. The highest BCUT2D eigenvalue weighted by Gasteiger charge is 2.18. The van der Waals surface area contributed by atoms with Gasteiger partial charge in [-0.3, -0.25) is 4.79 Å². The summed E-state index contributed by atoms with van der Waals surface area (Å²) in [5.41, 5.74) is 2.89. The second-order valence-corrected chi connectivity index (χ2v) is 4.21.